The van der Waals surface area contributed by atoms with Crippen LogP contribution in [0.5, 0.6) is 11.6 Å². The van der Waals surface area contributed by atoms with Gasteiger partial charge in [0.15, 0.2) is 5.78 Å². The third-order valence-corrected chi connectivity index (χ3v) is 3.88. The molecule has 0 spiro atoms. The van der Waals surface area contributed by atoms with Gasteiger partial charge in [0, 0.05) is 24.9 Å². The van der Waals surface area contributed by atoms with E-state index in [1.807, 2.05) is 31.2 Å². The van der Waals surface area contributed by atoms with Crippen LogP contribution < -0.4 is 10.1 Å². The number of carbonyl (C=O) groups excluding carboxylic acids is 2. The molecule has 1 amide bonds. The second-order valence-corrected chi connectivity index (χ2v) is 6.04. The summed E-state index contributed by atoms with van der Waals surface area (Å²) in [5, 5.41) is 2.76. The number of hydrogen-bond donors (Lipinski definition) is 1. The van der Waals surface area contributed by atoms with Crippen molar-refractivity contribution in [1.82, 2.24) is 9.55 Å². The first-order valence-corrected chi connectivity index (χ1v) is 8.11. The Morgan fingerprint density at radius 1 is 1.12 bits per heavy atom. The Morgan fingerprint density at radius 2 is 1.85 bits per heavy atom. The second-order valence-electron chi connectivity index (χ2n) is 6.04. The minimum Gasteiger partial charge on any atom is -0.439 e. The number of nitrogens with one attached hydrogen (secondary N) is 1. The van der Waals surface area contributed by atoms with Crippen LogP contribution in [0.4, 0.5) is 5.69 Å². The van der Waals surface area contributed by atoms with Crippen molar-refractivity contribution in [3.63, 3.8) is 0 Å². The normalized spacial score (nSPS) is 10.4. The van der Waals surface area contributed by atoms with Crippen LogP contribution in [-0.4, -0.2) is 21.2 Å². The summed E-state index contributed by atoms with van der Waals surface area (Å²) >= 11 is 0. The lowest BCUT2D eigenvalue weighted by molar-refractivity contribution is 0.101. The van der Waals surface area contributed by atoms with Gasteiger partial charge in [0.25, 0.3) is 5.91 Å². The monoisotopic (exact) mass is 349 g/mol. The molecule has 1 N–H and O–H groups in total. The molecule has 0 aliphatic heterocycles. The number of nitrogens with zero attached hydrogens (tertiary/aromatic N) is 2. The zero-order valence-electron chi connectivity index (χ0n) is 14.8. The first kappa shape index (κ1) is 17.4. The summed E-state index contributed by atoms with van der Waals surface area (Å²) in [6.07, 6.45) is 3.16. The number of aryl methyl sites for hydroxylation is 2. The van der Waals surface area contributed by atoms with E-state index >= 15 is 0 Å². The molecule has 0 radical (unpaired) electrons. The number of benzene rings is 1. The van der Waals surface area contributed by atoms with Crippen LogP contribution in [0.25, 0.3) is 0 Å². The molecule has 0 unspecified atom stereocenters. The average Bonchev–Trinajstić information content (AvgIpc) is 3.01. The Morgan fingerprint density at radius 3 is 2.42 bits per heavy atom. The smallest absolute Gasteiger partial charge is 0.272 e. The number of Topliss-reactive ketones (excluding diaryl/α,β-unsaturated/α-hetero) is 1. The number of ether oxygens (including phenoxy) is 1. The van der Waals surface area contributed by atoms with E-state index in [-0.39, 0.29) is 11.7 Å². The molecule has 2 heterocycles. The summed E-state index contributed by atoms with van der Waals surface area (Å²) in [6, 6.07) is 12.6. The molecule has 6 nitrogen and oxygen atoms in total. The summed E-state index contributed by atoms with van der Waals surface area (Å²) in [5.41, 5.74) is 2.58. The topological polar surface area (TPSA) is 73.2 Å². The lowest BCUT2D eigenvalue weighted by Crippen LogP contribution is -2.15. The van der Waals surface area contributed by atoms with Crippen molar-refractivity contribution >= 4 is 17.4 Å². The Hall–Kier alpha value is -3.41. The fourth-order valence-electron chi connectivity index (χ4n) is 2.42. The van der Waals surface area contributed by atoms with Crippen molar-refractivity contribution in [3.05, 3.63) is 71.7 Å². The van der Waals surface area contributed by atoms with Crippen LogP contribution in [0.2, 0.25) is 0 Å². The van der Waals surface area contributed by atoms with Gasteiger partial charge in [-0.1, -0.05) is 17.7 Å². The molecule has 26 heavy (non-hydrogen) atoms. The summed E-state index contributed by atoms with van der Waals surface area (Å²) < 4.78 is 7.28. The van der Waals surface area contributed by atoms with Crippen LogP contribution in [0.1, 0.15) is 33.3 Å². The van der Waals surface area contributed by atoms with Gasteiger partial charge in [-0.2, -0.15) is 0 Å². The van der Waals surface area contributed by atoms with Crippen molar-refractivity contribution in [3.8, 4) is 11.6 Å². The van der Waals surface area contributed by atoms with Gasteiger partial charge in [-0.05, 0) is 38.1 Å². The molecular weight excluding hydrogens is 330 g/mol. The first-order chi connectivity index (χ1) is 12.4. The molecule has 0 saturated carbocycles. The Kier molecular flexibility index (Phi) is 4.84. The van der Waals surface area contributed by atoms with E-state index in [0.717, 1.165) is 5.56 Å². The van der Waals surface area contributed by atoms with Crippen molar-refractivity contribution in [1.29, 1.82) is 0 Å². The van der Waals surface area contributed by atoms with Crippen LogP contribution in [0, 0.1) is 6.92 Å². The average molecular weight is 349 g/mol. The van der Waals surface area contributed by atoms with Crippen molar-refractivity contribution in [2.24, 2.45) is 7.05 Å². The van der Waals surface area contributed by atoms with E-state index in [4.69, 9.17) is 4.74 Å². The third-order valence-electron chi connectivity index (χ3n) is 3.88. The molecule has 0 aliphatic rings. The minimum atomic E-state index is -0.311. The SMILES string of the molecule is CC(=O)c1cc(C(=O)Nc2ccc(Oc3ccc(C)cc3)nc2)n(C)c1. The fourth-order valence-corrected chi connectivity index (χ4v) is 2.42. The molecule has 0 saturated heterocycles. The lowest BCUT2D eigenvalue weighted by Gasteiger charge is -2.08. The summed E-state index contributed by atoms with van der Waals surface area (Å²) in [4.78, 5) is 28.0. The van der Waals surface area contributed by atoms with Gasteiger partial charge >= 0.3 is 0 Å². The molecule has 0 bridgehead atoms. The zero-order valence-corrected chi connectivity index (χ0v) is 14.8. The van der Waals surface area contributed by atoms with Crippen LogP contribution in [0.3, 0.4) is 0 Å². The molecule has 2 aromatic heterocycles. The second kappa shape index (κ2) is 7.23. The van der Waals surface area contributed by atoms with Crippen molar-refractivity contribution < 1.29 is 14.3 Å². The largest absolute Gasteiger partial charge is 0.439 e. The highest BCUT2D eigenvalue weighted by molar-refractivity contribution is 6.05. The number of amides is 1. The number of hydrogen-bond acceptors (Lipinski definition) is 4. The van der Waals surface area contributed by atoms with Gasteiger partial charge in [-0.25, -0.2) is 4.98 Å². The van der Waals surface area contributed by atoms with Crippen molar-refractivity contribution in [2.45, 2.75) is 13.8 Å². The van der Waals surface area contributed by atoms with Gasteiger partial charge in [-0.3, -0.25) is 9.59 Å². The maximum Gasteiger partial charge on any atom is 0.272 e. The van der Waals surface area contributed by atoms with E-state index in [1.165, 1.54) is 13.1 Å². The van der Waals surface area contributed by atoms with E-state index in [1.54, 1.807) is 36.0 Å². The van der Waals surface area contributed by atoms with Gasteiger partial charge in [0.2, 0.25) is 5.88 Å². The van der Waals surface area contributed by atoms with Gasteiger partial charge < -0.3 is 14.6 Å². The summed E-state index contributed by atoms with van der Waals surface area (Å²) in [5.74, 6) is 0.734. The van der Waals surface area contributed by atoms with Gasteiger partial charge in [0.05, 0.1) is 11.9 Å². The molecule has 0 fully saturated rings. The van der Waals surface area contributed by atoms with Crippen LogP contribution in [0.15, 0.2) is 54.9 Å². The number of rotatable bonds is 5. The number of carbonyl (C=O) groups is 2. The summed E-state index contributed by atoms with van der Waals surface area (Å²) in [7, 11) is 1.72. The molecular formula is C20H19N3O3. The number of ketones is 1. The molecule has 6 heteroatoms. The fraction of sp³-hybridized carbons (Fsp3) is 0.150. The highest BCUT2D eigenvalue weighted by Gasteiger charge is 2.14. The molecule has 0 atom stereocenters. The maximum atomic E-state index is 12.4. The molecule has 3 aromatic rings. The number of anilines is 1. The minimum absolute atomic E-state index is 0.0843. The van der Waals surface area contributed by atoms with Crippen molar-refractivity contribution in [2.75, 3.05) is 5.32 Å². The Bertz CT molecular complexity index is 941. The molecule has 0 aliphatic carbocycles. The lowest BCUT2D eigenvalue weighted by atomic mass is 10.2. The van der Waals surface area contributed by atoms with E-state index in [0.29, 0.717) is 28.6 Å². The predicted molar refractivity (Wildman–Crippen MR) is 98.9 cm³/mol. The molecule has 3 rings (SSSR count). The standard InChI is InChI=1S/C20H19N3O3/c1-13-4-7-17(8-5-13)26-19-9-6-16(11-21-19)22-20(25)18-10-15(14(2)24)12-23(18)3/h4-12H,1-3H3,(H,22,25). The first-order valence-electron chi connectivity index (χ1n) is 8.11. The molecule has 1 aromatic carbocycles. The quantitative estimate of drug-likeness (QED) is 0.707. The van der Waals surface area contributed by atoms with Gasteiger partial charge in [-0.15, -0.1) is 0 Å². The highest BCUT2D eigenvalue weighted by atomic mass is 16.5. The van der Waals surface area contributed by atoms with Gasteiger partial charge in [0.1, 0.15) is 11.4 Å². The third kappa shape index (κ3) is 3.97. The van der Waals surface area contributed by atoms with Crippen LogP contribution >= 0.6 is 0 Å². The van der Waals surface area contributed by atoms with Crippen LogP contribution in [-0.2, 0) is 7.05 Å². The number of aromatic nitrogens is 2. The Labute approximate surface area is 151 Å². The summed E-state index contributed by atoms with van der Waals surface area (Å²) in [6.45, 7) is 3.47. The maximum absolute atomic E-state index is 12.4. The zero-order chi connectivity index (χ0) is 18.7. The molecule has 132 valence electrons. The highest BCUT2D eigenvalue weighted by Crippen LogP contribution is 2.21. The van der Waals surface area contributed by atoms with E-state index in [2.05, 4.69) is 10.3 Å². The Balaban J connectivity index is 1.68. The van der Waals surface area contributed by atoms with E-state index in [9.17, 15) is 9.59 Å². The van der Waals surface area contributed by atoms with E-state index < -0.39 is 0 Å². The predicted octanol–water partition coefficient (Wildman–Crippen LogP) is 3.98. The number of pyridine rings is 1.